The number of fused-ring (bicyclic) bond motifs is 1. The van der Waals surface area contributed by atoms with Crippen LogP contribution in [-0.2, 0) is 11.3 Å². The molecule has 6 heteroatoms. The molecule has 116 valence electrons. The Bertz CT molecular complexity index is 714. The Morgan fingerprint density at radius 3 is 2.64 bits per heavy atom. The molecular weight excluding hydrogens is 282 g/mol. The van der Waals surface area contributed by atoms with Crippen LogP contribution in [0.5, 0.6) is 0 Å². The molecular formula is C16H19N3O3. The highest BCUT2D eigenvalue weighted by Crippen LogP contribution is 2.30. The normalized spacial score (nSPS) is 21.8. The number of carboxylic acids is 1. The lowest BCUT2D eigenvalue weighted by molar-refractivity contribution is -0.143. The third-order valence-electron chi connectivity index (χ3n) is 4.55. The second kappa shape index (κ2) is 5.79. The van der Waals surface area contributed by atoms with Crippen LogP contribution >= 0.6 is 0 Å². The number of carboxylic acid groups (broad SMARTS) is 1. The number of carbonyl (C=O) groups is 2. The van der Waals surface area contributed by atoms with Crippen molar-refractivity contribution < 1.29 is 14.7 Å². The minimum atomic E-state index is -0.679. The highest BCUT2D eigenvalue weighted by atomic mass is 16.4. The number of hydrogen-bond donors (Lipinski definition) is 2. The number of hydrogen-bond acceptors (Lipinski definition) is 3. The lowest BCUT2D eigenvalue weighted by Gasteiger charge is -2.26. The number of nitrogens with two attached hydrogens (primary N) is 1. The molecule has 3 N–H and O–H groups in total. The zero-order chi connectivity index (χ0) is 15.7. The molecule has 0 saturated heterocycles. The van der Waals surface area contributed by atoms with Crippen molar-refractivity contribution in [1.29, 1.82) is 0 Å². The summed E-state index contributed by atoms with van der Waals surface area (Å²) in [5, 5.41) is 14.3. The Hall–Kier alpha value is -2.37. The maximum Gasteiger partial charge on any atom is 0.306 e. The average molecular weight is 301 g/mol. The molecule has 1 saturated carbocycles. The van der Waals surface area contributed by atoms with E-state index in [1.165, 1.54) is 0 Å². The molecule has 2 aromatic rings. The van der Waals surface area contributed by atoms with Crippen molar-refractivity contribution >= 4 is 22.8 Å². The van der Waals surface area contributed by atoms with Gasteiger partial charge in [-0.05, 0) is 49.8 Å². The summed E-state index contributed by atoms with van der Waals surface area (Å²) in [6, 6.07) is 5.33. The van der Waals surface area contributed by atoms with Gasteiger partial charge in [-0.1, -0.05) is 0 Å². The minimum Gasteiger partial charge on any atom is -0.481 e. The second-order valence-electron chi connectivity index (χ2n) is 6.02. The van der Waals surface area contributed by atoms with Crippen molar-refractivity contribution in [2.75, 3.05) is 0 Å². The number of aromatic nitrogens is 2. The van der Waals surface area contributed by atoms with E-state index in [0.29, 0.717) is 11.5 Å². The minimum absolute atomic E-state index is 0.191. The van der Waals surface area contributed by atoms with E-state index in [1.807, 2.05) is 10.7 Å². The van der Waals surface area contributed by atoms with Gasteiger partial charge < -0.3 is 10.8 Å². The first kappa shape index (κ1) is 14.6. The molecule has 0 bridgehead atoms. The Labute approximate surface area is 127 Å². The van der Waals surface area contributed by atoms with Crippen molar-refractivity contribution in [2.24, 2.45) is 17.6 Å². The van der Waals surface area contributed by atoms with Crippen LogP contribution in [0, 0.1) is 11.8 Å². The highest BCUT2D eigenvalue weighted by molar-refractivity contribution is 5.96. The molecule has 0 radical (unpaired) electrons. The number of carbonyl (C=O) groups excluding carboxylic acids is 1. The molecule has 0 spiro atoms. The maximum atomic E-state index is 11.2. The standard InChI is InChI=1S/C16H19N3O3/c17-15(20)12-5-6-14-13(7-12)8-18-19(14)9-10-1-3-11(4-2-10)16(21)22/h5-8,10-11H,1-4,9H2,(H2,17,20)(H,21,22)/t10-,11-. The molecule has 1 aromatic heterocycles. The summed E-state index contributed by atoms with van der Waals surface area (Å²) in [5.74, 6) is -0.859. The SMILES string of the molecule is NC(=O)c1ccc2c(cnn2C[C@H]2CC[C@H](C(=O)O)CC2)c1. The Morgan fingerprint density at radius 2 is 2.00 bits per heavy atom. The van der Waals surface area contributed by atoms with Gasteiger partial charge in [-0.2, -0.15) is 5.10 Å². The lowest BCUT2D eigenvalue weighted by atomic mass is 9.82. The first-order valence-electron chi connectivity index (χ1n) is 7.53. The van der Waals surface area contributed by atoms with Gasteiger partial charge in [0, 0.05) is 17.5 Å². The summed E-state index contributed by atoms with van der Waals surface area (Å²) in [6.07, 6.45) is 5.05. The molecule has 22 heavy (non-hydrogen) atoms. The fraction of sp³-hybridized carbons (Fsp3) is 0.438. The number of aliphatic carboxylic acids is 1. The third-order valence-corrected chi connectivity index (χ3v) is 4.55. The number of rotatable bonds is 4. The summed E-state index contributed by atoms with van der Waals surface area (Å²) in [7, 11) is 0. The molecule has 1 aliphatic rings. The van der Waals surface area contributed by atoms with Gasteiger partial charge in [0.2, 0.25) is 5.91 Å². The van der Waals surface area contributed by atoms with E-state index in [-0.39, 0.29) is 5.92 Å². The monoisotopic (exact) mass is 301 g/mol. The van der Waals surface area contributed by atoms with E-state index in [0.717, 1.165) is 43.1 Å². The predicted octanol–water partition coefficient (Wildman–Crippen LogP) is 2.03. The first-order valence-corrected chi connectivity index (χ1v) is 7.53. The summed E-state index contributed by atoms with van der Waals surface area (Å²) >= 11 is 0. The molecule has 0 aliphatic heterocycles. The van der Waals surface area contributed by atoms with Crippen LogP contribution in [0.1, 0.15) is 36.0 Å². The van der Waals surface area contributed by atoms with Crippen LogP contribution in [0.3, 0.4) is 0 Å². The molecule has 6 nitrogen and oxygen atoms in total. The van der Waals surface area contributed by atoms with Crippen LogP contribution in [-0.4, -0.2) is 26.8 Å². The first-order chi connectivity index (χ1) is 10.5. The van der Waals surface area contributed by atoms with E-state index in [9.17, 15) is 9.59 Å². The number of primary amides is 1. The molecule has 3 rings (SSSR count). The zero-order valence-electron chi connectivity index (χ0n) is 12.2. The highest BCUT2D eigenvalue weighted by Gasteiger charge is 2.26. The molecule has 1 aromatic carbocycles. The Balaban J connectivity index is 1.72. The van der Waals surface area contributed by atoms with Gasteiger partial charge >= 0.3 is 5.97 Å². The van der Waals surface area contributed by atoms with E-state index >= 15 is 0 Å². The van der Waals surface area contributed by atoms with Crippen molar-refractivity contribution in [3.8, 4) is 0 Å². The van der Waals surface area contributed by atoms with Crippen LogP contribution in [0.15, 0.2) is 24.4 Å². The van der Waals surface area contributed by atoms with E-state index < -0.39 is 11.9 Å². The van der Waals surface area contributed by atoms with Crippen LogP contribution in [0.4, 0.5) is 0 Å². The molecule has 1 aliphatic carbocycles. The second-order valence-corrected chi connectivity index (χ2v) is 6.02. The van der Waals surface area contributed by atoms with Gasteiger partial charge in [0.1, 0.15) is 0 Å². The summed E-state index contributed by atoms with van der Waals surface area (Å²) in [6.45, 7) is 0.783. The third kappa shape index (κ3) is 2.81. The van der Waals surface area contributed by atoms with Gasteiger partial charge in [0.05, 0.1) is 17.6 Å². The van der Waals surface area contributed by atoms with Crippen LogP contribution < -0.4 is 5.73 Å². The largest absolute Gasteiger partial charge is 0.481 e. The Morgan fingerprint density at radius 1 is 1.27 bits per heavy atom. The van der Waals surface area contributed by atoms with Gasteiger partial charge in [0.15, 0.2) is 0 Å². The van der Waals surface area contributed by atoms with Crippen molar-refractivity contribution in [3.05, 3.63) is 30.0 Å². The van der Waals surface area contributed by atoms with Crippen molar-refractivity contribution in [1.82, 2.24) is 9.78 Å². The number of amides is 1. The zero-order valence-corrected chi connectivity index (χ0v) is 12.2. The molecule has 0 atom stereocenters. The number of benzene rings is 1. The predicted molar refractivity (Wildman–Crippen MR) is 81.3 cm³/mol. The number of nitrogens with zero attached hydrogens (tertiary/aromatic N) is 2. The molecule has 0 unspecified atom stereocenters. The summed E-state index contributed by atoms with van der Waals surface area (Å²) < 4.78 is 1.94. The van der Waals surface area contributed by atoms with Crippen LogP contribution in [0.2, 0.25) is 0 Å². The van der Waals surface area contributed by atoms with Crippen molar-refractivity contribution in [3.63, 3.8) is 0 Å². The fourth-order valence-electron chi connectivity index (χ4n) is 3.22. The van der Waals surface area contributed by atoms with E-state index in [4.69, 9.17) is 10.8 Å². The van der Waals surface area contributed by atoms with Crippen LogP contribution in [0.25, 0.3) is 10.9 Å². The summed E-state index contributed by atoms with van der Waals surface area (Å²) in [5.41, 5.74) is 6.74. The lowest BCUT2D eigenvalue weighted by Crippen LogP contribution is -2.24. The van der Waals surface area contributed by atoms with Crippen molar-refractivity contribution in [2.45, 2.75) is 32.2 Å². The average Bonchev–Trinajstić information content (AvgIpc) is 2.90. The summed E-state index contributed by atoms with van der Waals surface area (Å²) in [4.78, 5) is 22.2. The van der Waals surface area contributed by atoms with Gasteiger partial charge in [-0.3, -0.25) is 14.3 Å². The fourth-order valence-corrected chi connectivity index (χ4v) is 3.22. The maximum absolute atomic E-state index is 11.2. The van der Waals surface area contributed by atoms with Gasteiger partial charge in [-0.25, -0.2) is 0 Å². The van der Waals surface area contributed by atoms with E-state index in [1.54, 1.807) is 18.3 Å². The van der Waals surface area contributed by atoms with E-state index in [2.05, 4.69) is 5.10 Å². The molecule has 1 heterocycles. The Kier molecular flexibility index (Phi) is 3.83. The topological polar surface area (TPSA) is 98.2 Å². The van der Waals surface area contributed by atoms with Gasteiger partial charge in [-0.15, -0.1) is 0 Å². The molecule has 1 fully saturated rings. The quantitative estimate of drug-likeness (QED) is 0.902. The smallest absolute Gasteiger partial charge is 0.306 e. The molecule has 1 amide bonds. The van der Waals surface area contributed by atoms with Gasteiger partial charge in [0.25, 0.3) is 0 Å².